The lowest BCUT2D eigenvalue weighted by Crippen LogP contribution is -2.23. The van der Waals surface area contributed by atoms with E-state index in [1.807, 2.05) is 0 Å². The van der Waals surface area contributed by atoms with E-state index in [9.17, 15) is 26.0 Å². The summed E-state index contributed by atoms with van der Waals surface area (Å²) in [5.41, 5.74) is -5.53. The molecule has 126 valence electrons. The van der Waals surface area contributed by atoms with Crippen molar-refractivity contribution >= 4 is 21.4 Å². The lowest BCUT2D eigenvalue weighted by atomic mass is 10.2. The molecule has 0 amide bonds. The van der Waals surface area contributed by atoms with Crippen LogP contribution in [0.5, 0.6) is 11.5 Å². The number of sulfone groups is 1. The summed E-state index contributed by atoms with van der Waals surface area (Å²) in [6.45, 7) is 0. The summed E-state index contributed by atoms with van der Waals surface area (Å²) in [7, 11) is -5.60. The maximum atomic E-state index is 13.3. The quantitative estimate of drug-likeness (QED) is 0.739. The summed E-state index contributed by atoms with van der Waals surface area (Å²) in [6, 6.07) is 7.20. The van der Waals surface area contributed by atoms with Gasteiger partial charge < -0.3 is 4.74 Å². The first-order valence-corrected chi connectivity index (χ1v) is 7.90. The summed E-state index contributed by atoms with van der Waals surface area (Å²) in [5, 5.41) is 8.03. The lowest BCUT2D eigenvalue weighted by Gasteiger charge is -2.11. The van der Waals surface area contributed by atoms with Gasteiger partial charge in [0, 0.05) is 12.1 Å². The van der Waals surface area contributed by atoms with Gasteiger partial charge >= 0.3 is 5.51 Å². The molecule has 4 nitrogen and oxygen atoms in total. The van der Waals surface area contributed by atoms with E-state index in [-0.39, 0.29) is 17.1 Å². The van der Waals surface area contributed by atoms with Crippen LogP contribution in [-0.2, 0) is 9.84 Å². The smallest absolute Gasteiger partial charge is 0.457 e. The normalized spacial score (nSPS) is 11.8. The molecular weight excluding hydrogens is 374 g/mol. The molecule has 0 spiro atoms. The number of benzene rings is 2. The topological polar surface area (TPSA) is 67.2 Å². The molecule has 0 aromatic heterocycles. The minimum atomic E-state index is -5.60. The second-order valence-corrected chi connectivity index (χ2v) is 6.75. The molecule has 0 aliphatic heterocycles. The van der Waals surface area contributed by atoms with Gasteiger partial charge in [0.1, 0.15) is 17.3 Å². The van der Waals surface area contributed by atoms with Crippen LogP contribution >= 0.6 is 11.6 Å². The Morgan fingerprint density at radius 1 is 1.08 bits per heavy atom. The van der Waals surface area contributed by atoms with Crippen molar-refractivity contribution in [3.05, 3.63) is 52.8 Å². The fraction of sp³-hybridized carbons (Fsp3) is 0.0714. The van der Waals surface area contributed by atoms with Gasteiger partial charge in [0.05, 0.1) is 21.6 Å². The molecule has 2 aromatic rings. The fourth-order valence-corrected chi connectivity index (χ4v) is 3.00. The van der Waals surface area contributed by atoms with Gasteiger partial charge in [-0.1, -0.05) is 11.6 Å². The second kappa shape index (κ2) is 6.30. The van der Waals surface area contributed by atoms with E-state index in [0.717, 1.165) is 24.3 Å². The number of ether oxygens (including phenoxy) is 1. The highest BCUT2D eigenvalue weighted by Crippen LogP contribution is 2.36. The van der Waals surface area contributed by atoms with Gasteiger partial charge in [0.15, 0.2) is 0 Å². The third-order valence-electron chi connectivity index (χ3n) is 2.73. The zero-order valence-corrected chi connectivity index (χ0v) is 13.0. The molecule has 0 heterocycles. The average Bonchev–Trinajstić information content (AvgIpc) is 2.45. The molecular formula is C14H6ClF4NO3S. The first-order chi connectivity index (χ1) is 11.0. The van der Waals surface area contributed by atoms with Crippen LogP contribution in [0.2, 0.25) is 5.02 Å². The van der Waals surface area contributed by atoms with E-state index in [1.165, 1.54) is 6.07 Å². The number of rotatable bonds is 3. The first kappa shape index (κ1) is 18.0. The Morgan fingerprint density at radius 3 is 2.29 bits per heavy atom. The Morgan fingerprint density at radius 2 is 1.75 bits per heavy atom. The summed E-state index contributed by atoms with van der Waals surface area (Å²) < 4.78 is 78.7. The number of halogens is 5. The highest BCUT2D eigenvalue weighted by atomic mass is 35.5. The van der Waals surface area contributed by atoms with Crippen LogP contribution in [0, 0.1) is 17.1 Å². The van der Waals surface area contributed by atoms with E-state index in [0.29, 0.717) is 6.07 Å². The standard InChI is InChI=1S/C14H6ClF4NO3S/c15-12-6-10(1-2-13(12)24(21,22)14(17,18)19)23-11-4-8(7-20)3-9(16)5-11/h1-6H. The molecule has 24 heavy (non-hydrogen) atoms. The van der Waals surface area contributed by atoms with Crippen molar-refractivity contribution in [1.82, 2.24) is 0 Å². The van der Waals surface area contributed by atoms with E-state index >= 15 is 0 Å². The Labute approximate surface area is 138 Å². The van der Waals surface area contributed by atoms with Crippen LogP contribution in [0.1, 0.15) is 5.56 Å². The molecule has 0 radical (unpaired) electrons. The summed E-state index contributed by atoms with van der Waals surface area (Å²) in [5.74, 6) is -0.990. The fourth-order valence-electron chi connectivity index (χ4n) is 1.71. The van der Waals surface area contributed by atoms with E-state index in [1.54, 1.807) is 6.07 Å². The van der Waals surface area contributed by atoms with Gasteiger partial charge in [0.25, 0.3) is 9.84 Å². The molecule has 2 aromatic carbocycles. The van der Waals surface area contributed by atoms with Gasteiger partial charge in [0.2, 0.25) is 0 Å². The molecule has 0 saturated carbocycles. The van der Waals surface area contributed by atoms with Gasteiger partial charge in [-0.2, -0.15) is 18.4 Å². The number of nitriles is 1. The number of hydrogen-bond acceptors (Lipinski definition) is 4. The first-order valence-electron chi connectivity index (χ1n) is 6.04. The lowest BCUT2D eigenvalue weighted by molar-refractivity contribution is -0.0436. The highest BCUT2D eigenvalue weighted by Gasteiger charge is 2.47. The molecule has 0 aliphatic carbocycles. The number of nitrogens with zero attached hydrogens (tertiary/aromatic N) is 1. The van der Waals surface area contributed by atoms with Crippen LogP contribution in [-0.4, -0.2) is 13.9 Å². The Balaban J connectivity index is 2.38. The monoisotopic (exact) mass is 379 g/mol. The predicted molar refractivity (Wildman–Crippen MR) is 75.9 cm³/mol. The third-order valence-corrected chi connectivity index (χ3v) is 4.70. The molecule has 0 N–H and O–H groups in total. The molecule has 2 rings (SSSR count). The summed E-state index contributed by atoms with van der Waals surface area (Å²) in [4.78, 5) is -1.12. The van der Waals surface area contributed by atoms with E-state index in [2.05, 4.69) is 0 Å². The Bertz CT molecular complexity index is 936. The van der Waals surface area contributed by atoms with Crippen LogP contribution in [0.15, 0.2) is 41.3 Å². The predicted octanol–water partition coefficient (Wildman–Crippen LogP) is 4.44. The molecule has 0 bridgehead atoms. The molecule has 0 unspecified atom stereocenters. The van der Waals surface area contributed by atoms with Crippen molar-refractivity contribution < 1.29 is 30.7 Å². The zero-order valence-electron chi connectivity index (χ0n) is 11.4. The highest BCUT2D eigenvalue weighted by molar-refractivity contribution is 7.92. The number of alkyl halides is 3. The Kier molecular flexibility index (Phi) is 4.73. The van der Waals surface area contributed by atoms with Crippen molar-refractivity contribution in [2.24, 2.45) is 0 Å². The van der Waals surface area contributed by atoms with Gasteiger partial charge in [-0.3, -0.25) is 0 Å². The van der Waals surface area contributed by atoms with Crippen molar-refractivity contribution in [3.63, 3.8) is 0 Å². The molecule has 0 aliphatic rings. The van der Waals surface area contributed by atoms with Gasteiger partial charge in [-0.25, -0.2) is 12.8 Å². The van der Waals surface area contributed by atoms with Crippen molar-refractivity contribution in [1.29, 1.82) is 5.26 Å². The van der Waals surface area contributed by atoms with Crippen LogP contribution in [0.3, 0.4) is 0 Å². The third kappa shape index (κ3) is 3.60. The second-order valence-electron chi connectivity index (χ2n) is 4.43. The van der Waals surface area contributed by atoms with Crippen LogP contribution in [0.25, 0.3) is 0 Å². The van der Waals surface area contributed by atoms with Crippen LogP contribution < -0.4 is 4.74 Å². The van der Waals surface area contributed by atoms with Crippen molar-refractivity contribution in [2.45, 2.75) is 10.4 Å². The minimum Gasteiger partial charge on any atom is -0.457 e. The van der Waals surface area contributed by atoms with Crippen molar-refractivity contribution in [2.75, 3.05) is 0 Å². The Hall–Kier alpha value is -2.31. The average molecular weight is 380 g/mol. The molecule has 0 saturated heterocycles. The van der Waals surface area contributed by atoms with Gasteiger partial charge in [-0.15, -0.1) is 0 Å². The molecule has 0 fully saturated rings. The largest absolute Gasteiger partial charge is 0.501 e. The van der Waals surface area contributed by atoms with Crippen molar-refractivity contribution in [3.8, 4) is 17.6 Å². The molecule has 10 heteroatoms. The SMILES string of the molecule is N#Cc1cc(F)cc(Oc2ccc(S(=O)(=O)C(F)(F)F)c(Cl)c2)c1. The van der Waals surface area contributed by atoms with Gasteiger partial charge in [-0.05, 0) is 24.3 Å². The maximum Gasteiger partial charge on any atom is 0.501 e. The summed E-state index contributed by atoms with van der Waals surface area (Å²) in [6.07, 6.45) is 0. The number of hydrogen-bond donors (Lipinski definition) is 0. The van der Waals surface area contributed by atoms with Crippen LogP contribution in [0.4, 0.5) is 17.6 Å². The molecule has 0 atom stereocenters. The van der Waals surface area contributed by atoms with E-state index < -0.39 is 31.1 Å². The minimum absolute atomic E-state index is 0.0348. The van der Waals surface area contributed by atoms with E-state index in [4.69, 9.17) is 21.6 Å². The zero-order chi connectivity index (χ0) is 18.1. The summed E-state index contributed by atoms with van der Waals surface area (Å²) >= 11 is 5.59. The maximum absolute atomic E-state index is 13.3.